The van der Waals surface area contributed by atoms with Gasteiger partial charge in [-0.25, -0.2) is 0 Å². The van der Waals surface area contributed by atoms with Gasteiger partial charge in [-0.05, 0) is 25.1 Å². The fraction of sp³-hybridized carbons (Fsp3) is 0.250. The van der Waals surface area contributed by atoms with E-state index in [-0.39, 0.29) is 11.9 Å². The average molecular weight is 280 g/mol. The quantitative estimate of drug-likeness (QED) is 0.835. The van der Waals surface area contributed by atoms with E-state index in [1.165, 1.54) is 0 Å². The summed E-state index contributed by atoms with van der Waals surface area (Å²) in [5, 5.41) is 10.8. The van der Waals surface area contributed by atoms with Crippen molar-refractivity contribution in [3.63, 3.8) is 0 Å². The Kier molecular flexibility index (Phi) is 3.71. The molecule has 1 amide bonds. The van der Waals surface area contributed by atoms with Crippen LogP contribution in [0.15, 0.2) is 24.5 Å². The van der Waals surface area contributed by atoms with Crippen LogP contribution in [-0.4, -0.2) is 20.7 Å². The maximum absolute atomic E-state index is 12.1. The summed E-state index contributed by atoms with van der Waals surface area (Å²) < 4.78 is 1.75. The van der Waals surface area contributed by atoms with Gasteiger partial charge in [0, 0.05) is 12.7 Å². The summed E-state index contributed by atoms with van der Waals surface area (Å²) in [6.45, 7) is 1.83. The van der Waals surface area contributed by atoms with Crippen LogP contribution in [0.1, 0.15) is 29.1 Å². The molecule has 6 nitrogen and oxygen atoms in total. The van der Waals surface area contributed by atoms with Crippen LogP contribution in [0, 0.1) is 0 Å². The van der Waals surface area contributed by atoms with Crippen LogP contribution in [0.25, 0.3) is 0 Å². The minimum Gasteiger partial charge on any atom is -0.399 e. The number of hydrogen-bond acceptors (Lipinski definition) is 4. The number of halogens is 1. The Balaban J connectivity index is 2.15. The fourth-order valence-electron chi connectivity index (χ4n) is 1.74. The average Bonchev–Trinajstić information content (AvgIpc) is 2.75. The highest BCUT2D eigenvalue weighted by Crippen LogP contribution is 2.20. The first-order valence-electron chi connectivity index (χ1n) is 5.69. The molecule has 0 saturated carbocycles. The van der Waals surface area contributed by atoms with Crippen molar-refractivity contribution < 1.29 is 4.79 Å². The molecule has 0 aliphatic heterocycles. The Bertz CT molecular complexity index is 610. The molecule has 2 aromatic rings. The summed E-state index contributed by atoms with van der Waals surface area (Å²) in [6, 6.07) is 4.50. The van der Waals surface area contributed by atoms with Crippen molar-refractivity contribution in [3.05, 3.63) is 40.9 Å². The first kappa shape index (κ1) is 13.4. The number of carbonyl (C=O) groups excluding carboxylic acids is 1. The number of nitrogens with zero attached hydrogens (tertiary/aromatic N) is 3. The van der Waals surface area contributed by atoms with E-state index in [0.717, 1.165) is 0 Å². The van der Waals surface area contributed by atoms with Crippen molar-refractivity contribution in [2.45, 2.75) is 13.0 Å². The van der Waals surface area contributed by atoms with Gasteiger partial charge >= 0.3 is 0 Å². The molecular formula is C12H14ClN5O. The first-order valence-corrected chi connectivity index (χ1v) is 6.06. The van der Waals surface area contributed by atoms with Crippen molar-refractivity contribution in [1.29, 1.82) is 0 Å². The Morgan fingerprint density at radius 2 is 2.26 bits per heavy atom. The van der Waals surface area contributed by atoms with Crippen LogP contribution >= 0.6 is 11.6 Å². The van der Waals surface area contributed by atoms with E-state index < -0.39 is 0 Å². The van der Waals surface area contributed by atoms with Crippen molar-refractivity contribution in [2.75, 3.05) is 5.73 Å². The number of nitrogens with one attached hydrogen (secondary N) is 1. The highest BCUT2D eigenvalue weighted by Gasteiger charge is 2.17. The molecule has 1 aromatic carbocycles. The molecule has 2 rings (SSSR count). The predicted octanol–water partition coefficient (Wildman–Crippen LogP) is 1.54. The predicted molar refractivity (Wildman–Crippen MR) is 72.7 cm³/mol. The van der Waals surface area contributed by atoms with E-state index in [4.69, 9.17) is 17.3 Å². The smallest absolute Gasteiger partial charge is 0.253 e. The third kappa shape index (κ3) is 2.85. The topological polar surface area (TPSA) is 85.8 Å². The van der Waals surface area contributed by atoms with E-state index in [9.17, 15) is 4.79 Å². The summed E-state index contributed by atoms with van der Waals surface area (Å²) in [5.74, 6) is 0.389. The molecule has 0 aliphatic rings. The Hall–Kier alpha value is -2.08. The summed E-state index contributed by atoms with van der Waals surface area (Å²) in [5.41, 5.74) is 6.48. The largest absolute Gasteiger partial charge is 0.399 e. The van der Waals surface area contributed by atoms with Crippen LogP contribution in [0.4, 0.5) is 5.69 Å². The van der Waals surface area contributed by atoms with Gasteiger partial charge in [-0.15, -0.1) is 10.2 Å². The molecule has 0 saturated heterocycles. The van der Waals surface area contributed by atoms with E-state index in [0.29, 0.717) is 22.1 Å². The van der Waals surface area contributed by atoms with Gasteiger partial charge in [0.05, 0.1) is 16.6 Å². The summed E-state index contributed by atoms with van der Waals surface area (Å²) in [7, 11) is 1.81. The van der Waals surface area contributed by atoms with Crippen molar-refractivity contribution >= 4 is 23.2 Å². The molecule has 0 fully saturated rings. The molecule has 1 atom stereocenters. The van der Waals surface area contributed by atoms with Crippen LogP contribution in [0.5, 0.6) is 0 Å². The van der Waals surface area contributed by atoms with Gasteiger partial charge in [0.15, 0.2) is 5.82 Å². The molecule has 0 spiro atoms. The Labute approximate surface area is 115 Å². The number of anilines is 1. The van der Waals surface area contributed by atoms with Gasteiger partial charge in [-0.3, -0.25) is 4.79 Å². The van der Waals surface area contributed by atoms with Crippen LogP contribution in [0.3, 0.4) is 0 Å². The van der Waals surface area contributed by atoms with Gasteiger partial charge in [0.2, 0.25) is 0 Å². The number of carbonyl (C=O) groups is 1. The Morgan fingerprint density at radius 3 is 2.84 bits per heavy atom. The van der Waals surface area contributed by atoms with E-state index in [1.54, 1.807) is 29.1 Å². The van der Waals surface area contributed by atoms with Crippen LogP contribution < -0.4 is 11.1 Å². The molecule has 0 radical (unpaired) electrons. The van der Waals surface area contributed by atoms with Gasteiger partial charge in [0.1, 0.15) is 6.33 Å². The second-order valence-corrected chi connectivity index (χ2v) is 4.64. The SMILES string of the molecule is CC(NC(=O)c1ccc(N)cc1Cl)c1nncn1C. The van der Waals surface area contributed by atoms with E-state index in [2.05, 4.69) is 15.5 Å². The highest BCUT2D eigenvalue weighted by molar-refractivity contribution is 6.34. The normalized spacial score (nSPS) is 12.2. The third-order valence-electron chi connectivity index (χ3n) is 2.72. The monoisotopic (exact) mass is 279 g/mol. The standard InChI is InChI=1S/C12H14ClN5O/c1-7(11-17-15-6-18(11)2)16-12(19)9-4-3-8(14)5-10(9)13/h3-7H,14H2,1-2H3,(H,16,19). The molecular weight excluding hydrogens is 266 g/mol. The minimum atomic E-state index is -0.277. The second kappa shape index (κ2) is 5.27. The molecule has 100 valence electrons. The lowest BCUT2D eigenvalue weighted by molar-refractivity contribution is 0.0938. The maximum Gasteiger partial charge on any atom is 0.253 e. The molecule has 0 bridgehead atoms. The first-order chi connectivity index (χ1) is 8.99. The van der Waals surface area contributed by atoms with Gasteiger partial charge in [-0.1, -0.05) is 11.6 Å². The van der Waals surface area contributed by atoms with Crippen molar-refractivity contribution in [3.8, 4) is 0 Å². The lowest BCUT2D eigenvalue weighted by Crippen LogP contribution is -2.28. The molecule has 1 heterocycles. The lowest BCUT2D eigenvalue weighted by Gasteiger charge is -2.13. The van der Waals surface area contributed by atoms with E-state index >= 15 is 0 Å². The zero-order chi connectivity index (χ0) is 14.0. The van der Waals surface area contributed by atoms with Crippen molar-refractivity contribution in [1.82, 2.24) is 20.1 Å². The zero-order valence-electron chi connectivity index (χ0n) is 10.6. The summed E-state index contributed by atoms with van der Waals surface area (Å²) in [4.78, 5) is 12.1. The second-order valence-electron chi connectivity index (χ2n) is 4.23. The fourth-order valence-corrected chi connectivity index (χ4v) is 2.01. The number of aryl methyl sites for hydroxylation is 1. The number of amides is 1. The molecule has 1 unspecified atom stereocenters. The Morgan fingerprint density at radius 1 is 1.53 bits per heavy atom. The highest BCUT2D eigenvalue weighted by atomic mass is 35.5. The molecule has 7 heteroatoms. The molecule has 3 N–H and O–H groups in total. The van der Waals surface area contributed by atoms with Crippen LogP contribution in [0.2, 0.25) is 5.02 Å². The molecule has 19 heavy (non-hydrogen) atoms. The van der Waals surface area contributed by atoms with Gasteiger partial charge in [-0.2, -0.15) is 0 Å². The summed E-state index contributed by atoms with van der Waals surface area (Å²) in [6.07, 6.45) is 1.58. The van der Waals surface area contributed by atoms with Crippen molar-refractivity contribution in [2.24, 2.45) is 7.05 Å². The summed E-state index contributed by atoms with van der Waals surface area (Å²) >= 11 is 5.99. The van der Waals surface area contributed by atoms with Gasteiger partial charge < -0.3 is 15.6 Å². The number of rotatable bonds is 3. The number of benzene rings is 1. The zero-order valence-corrected chi connectivity index (χ0v) is 11.3. The molecule has 1 aromatic heterocycles. The lowest BCUT2D eigenvalue weighted by atomic mass is 10.2. The van der Waals surface area contributed by atoms with E-state index in [1.807, 2.05) is 14.0 Å². The number of nitrogen functional groups attached to an aromatic ring is 1. The number of aromatic nitrogens is 3. The number of nitrogens with two attached hydrogens (primary N) is 1. The third-order valence-corrected chi connectivity index (χ3v) is 3.03. The van der Waals surface area contributed by atoms with Crippen LogP contribution in [-0.2, 0) is 7.05 Å². The molecule has 0 aliphatic carbocycles. The minimum absolute atomic E-state index is 0.270. The van der Waals surface area contributed by atoms with Gasteiger partial charge in [0.25, 0.3) is 5.91 Å². The maximum atomic E-state index is 12.1. The number of hydrogen-bond donors (Lipinski definition) is 2.